The number of nitrogens with two attached hydrogens (primary N) is 1. The van der Waals surface area contributed by atoms with E-state index in [1.54, 1.807) is 5.38 Å². The van der Waals surface area contributed by atoms with Crippen LogP contribution >= 0.6 is 11.3 Å². The summed E-state index contributed by atoms with van der Waals surface area (Å²) in [4.78, 5) is 12.1. The van der Waals surface area contributed by atoms with Crippen LogP contribution in [-0.4, -0.2) is 12.5 Å². The Morgan fingerprint density at radius 3 is 3.11 bits per heavy atom. The van der Waals surface area contributed by atoms with Crippen LogP contribution in [0.5, 0.6) is 5.75 Å². The van der Waals surface area contributed by atoms with E-state index in [4.69, 9.17) is 10.5 Å². The Kier molecular flexibility index (Phi) is 3.13. The molecule has 0 unspecified atom stereocenters. The third-order valence-corrected chi connectivity index (χ3v) is 4.03. The van der Waals surface area contributed by atoms with Gasteiger partial charge >= 0.3 is 0 Å². The molecule has 0 saturated heterocycles. The Hall–Kier alpha value is -2.01. The number of nitrogens with one attached hydrogen (secondary N) is 1. The molecule has 1 aliphatic heterocycles. The van der Waals surface area contributed by atoms with Gasteiger partial charge in [0, 0.05) is 28.9 Å². The van der Waals surface area contributed by atoms with Gasteiger partial charge in [0.1, 0.15) is 5.75 Å². The highest BCUT2D eigenvalue weighted by Gasteiger charge is 2.12. The molecule has 98 valence electrons. The lowest BCUT2D eigenvalue weighted by Crippen LogP contribution is -2.09. The van der Waals surface area contributed by atoms with Crippen LogP contribution < -0.4 is 15.8 Å². The van der Waals surface area contributed by atoms with E-state index in [2.05, 4.69) is 11.4 Å². The molecule has 3 N–H and O–H groups in total. The van der Waals surface area contributed by atoms with Crippen LogP contribution in [0.4, 0.5) is 5.69 Å². The predicted molar refractivity (Wildman–Crippen MR) is 75.8 cm³/mol. The first kappa shape index (κ1) is 12.0. The largest absolute Gasteiger partial charge is 0.493 e. The van der Waals surface area contributed by atoms with Gasteiger partial charge in [-0.2, -0.15) is 0 Å². The van der Waals surface area contributed by atoms with E-state index in [0.717, 1.165) is 29.3 Å². The van der Waals surface area contributed by atoms with Gasteiger partial charge in [0.25, 0.3) is 0 Å². The van der Waals surface area contributed by atoms with Crippen molar-refractivity contribution in [3.05, 3.63) is 45.6 Å². The third kappa shape index (κ3) is 2.56. The Morgan fingerprint density at radius 1 is 1.42 bits per heavy atom. The van der Waals surface area contributed by atoms with Crippen molar-refractivity contribution in [3.63, 3.8) is 0 Å². The molecule has 3 rings (SSSR count). The smallest absolute Gasteiger partial charge is 0.249 e. The summed E-state index contributed by atoms with van der Waals surface area (Å²) in [6.45, 7) is 1.46. The number of primary amides is 1. The summed E-state index contributed by atoms with van der Waals surface area (Å²) in [7, 11) is 0. The van der Waals surface area contributed by atoms with Gasteiger partial charge in [0.2, 0.25) is 5.91 Å². The topological polar surface area (TPSA) is 64.4 Å². The quantitative estimate of drug-likeness (QED) is 0.899. The maximum absolute atomic E-state index is 11.0. The summed E-state index contributed by atoms with van der Waals surface area (Å²) in [5.74, 6) is 0.606. The monoisotopic (exact) mass is 274 g/mol. The van der Waals surface area contributed by atoms with Gasteiger partial charge in [-0.15, -0.1) is 11.3 Å². The zero-order valence-electron chi connectivity index (χ0n) is 10.3. The minimum Gasteiger partial charge on any atom is -0.493 e. The summed E-state index contributed by atoms with van der Waals surface area (Å²) in [6, 6.07) is 7.95. The normalized spacial score (nSPS) is 12.8. The molecule has 2 heterocycles. The molecule has 1 amide bonds. The van der Waals surface area contributed by atoms with Gasteiger partial charge in [-0.1, -0.05) is 0 Å². The molecule has 0 fully saturated rings. The lowest BCUT2D eigenvalue weighted by molar-refractivity contribution is 0.100. The van der Waals surface area contributed by atoms with Crippen molar-refractivity contribution in [2.45, 2.75) is 13.0 Å². The zero-order chi connectivity index (χ0) is 13.2. The van der Waals surface area contributed by atoms with Crippen molar-refractivity contribution >= 4 is 22.9 Å². The fourth-order valence-electron chi connectivity index (χ4n) is 2.09. The molecular formula is C14H14N2O2S. The number of benzene rings is 1. The highest BCUT2D eigenvalue weighted by molar-refractivity contribution is 7.10. The fraction of sp³-hybridized carbons (Fsp3) is 0.214. The van der Waals surface area contributed by atoms with Crippen molar-refractivity contribution < 1.29 is 9.53 Å². The van der Waals surface area contributed by atoms with Crippen LogP contribution in [0.2, 0.25) is 0 Å². The van der Waals surface area contributed by atoms with E-state index in [9.17, 15) is 4.79 Å². The van der Waals surface area contributed by atoms with Crippen LogP contribution in [0.25, 0.3) is 0 Å². The number of anilines is 1. The number of ether oxygens (including phenoxy) is 1. The molecule has 2 aromatic rings. The van der Waals surface area contributed by atoms with Crippen molar-refractivity contribution in [3.8, 4) is 5.75 Å². The number of carbonyl (C=O) groups excluding carboxylic acids is 1. The van der Waals surface area contributed by atoms with E-state index < -0.39 is 0 Å². The average molecular weight is 274 g/mol. The third-order valence-electron chi connectivity index (χ3n) is 3.09. The van der Waals surface area contributed by atoms with Gasteiger partial charge in [-0.25, -0.2) is 0 Å². The lowest BCUT2D eigenvalue weighted by atomic mass is 10.1. The molecule has 19 heavy (non-hydrogen) atoms. The second-order valence-corrected chi connectivity index (χ2v) is 5.44. The van der Waals surface area contributed by atoms with Crippen LogP contribution in [0.15, 0.2) is 29.6 Å². The molecule has 1 aromatic heterocycles. The second kappa shape index (κ2) is 4.93. The molecule has 1 aliphatic rings. The van der Waals surface area contributed by atoms with Crippen LogP contribution in [0, 0.1) is 0 Å². The number of thiophene rings is 1. The lowest BCUT2D eigenvalue weighted by Gasteiger charge is -2.06. The van der Waals surface area contributed by atoms with E-state index >= 15 is 0 Å². The minimum absolute atomic E-state index is 0.378. The van der Waals surface area contributed by atoms with E-state index in [1.807, 2.05) is 18.2 Å². The summed E-state index contributed by atoms with van der Waals surface area (Å²) in [5.41, 5.74) is 8.11. The molecule has 0 bridgehead atoms. The van der Waals surface area contributed by atoms with E-state index in [1.165, 1.54) is 16.9 Å². The number of carbonyl (C=O) groups is 1. The van der Waals surface area contributed by atoms with Crippen molar-refractivity contribution in [1.82, 2.24) is 0 Å². The minimum atomic E-state index is -0.378. The first-order valence-corrected chi connectivity index (χ1v) is 6.97. The SMILES string of the molecule is NC(=O)c1csc(CNc2ccc3c(c2)CCO3)c1. The fourth-order valence-corrected chi connectivity index (χ4v) is 2.90. The maximum Gasteiger partial charge on any atom is 0.249 e. The molecular weight excluding hydrogens is 260 g/mol. The summed E-state index contributed by atoms with van der Waals surface area (Å²) in [6.07, 6.45) is 0.968. The molecule has 0 aliphatic carbocycles. The zero-order valence-corrected chi connectivity index (χ0v) is 11.1. The molecule has 0 saturated carbocycles. The second-order valence-electron chi connectivity index (χ2n) is 4.44. The number of fused-ring (bicyclic) bond motifs is 1. The highest BCUT2D eigenvalue weighted by Crippen LogP contribution is 2.28. The van der Waals surface area contributed by atoms with Crippen LogP contribution in [0.1, 0.15) is 20.8 Å². The Bertz CT molecular complexity index is 622. The van der Waals surface area contributed by atoms with Crippen molar-refractivity contribution in [2.24, 2.45) is 5.73 Å². The van der Waals surface area contributed by atoms with Gasteiger partial charge in [0.05, 0.1) is 12.2 Å². The van der Waals surface area contributed by atoms with Crippen molar-refractivity contribution in [1.29, 1.82) is 0 Å². The molecule has 5 heteroatoms. The van der Waals surface area contributed by atoms with Crippen LogP contribution in [-0.2, 0) is 13.0 Å². The molecule has 1 aromatic carbocycles. The van der Waals surface area contributed by atoms with Gasteiger partial charge in [-0.3, -0.25) is 4.79 Å². The van der Waals surface area contributed by atoms with Crippen molar-refractivity contribution in [2.75, 3.05) is 11.9 Å². The van der Waals surface area contributed by atoms with Gasteiger partial charge in [0.15, 0.2) is 0 Å². The van der Waals surface area contributed by atoms with Gasteiger partial charge < -0.3 is 15.8 Å². The number of amides is 1. The van der Waals surface area contributed by atoms with E-state index in [-0.39, 0.29) is 5.91 Å². The summed E-state index contributed by atoms with van der Waals surface area (Å²) >= 11 is 1.53. The van der Waals surface area contributed by atoms with Gasteiger partial charge in [-0.05, 0) is 29.8 Å². The highest BCUT2D eigenvalue weighted by atomic mass is 32.1. The number of hydrogen-bond acceptors (Lipinski definition) is 4. The summed E-state index contributed by atoms with van der Waals surface area (Å²) < 4.78 is 5.47. The first-order chi connectivity index (χ1) is 9.22. The molecule has 0 radical (unpaired) electrons. The number of rotatable bonds is 4. The maximum atomic E-state index is 11.0. The Balaban J connectivity index is 1.67. The predicted octanol–water partition coefficient (Wildman–Crippen LogP) is 2.39. The molecule has 4 nitrogen and oxygen atoms in total. The molecule has 0 spiro atoms. The Labute approximate surface area is 115 Å². The Morgan fingerprint density at radius 2 is 2.32 bits per heavy atom. The first-order valence-electron chi connectivity index (χ1n) is 6.09. The standard InChI is InChI=1S/C14H14N2O2S/c15-14(17)10-6-12(19-8-10)7-16-11-1-2-13-9(5-11)3-4-18-13/h1-2,5-6,8,16H,3-4,7H2,(H2,15,17). The number of hydrogen-bond donors (Lipinski definition) is 2. The average Bonchev–Trinajstić information content (AvgIpc) is 3.04. The van der Waals surface area contributed by atoms with Crippen LogP contribution in [0.3, 0.4) is 0 Å². The molecule has 0 atom stereocenters. The summed E-state index contributed by atoms with van der Waals surface area (Å²) in [5, 5.41) is 5.13. The van der Waals surface area contributed by atoms with E-state index in [0.29, 0.717) is 12.1 Å².